The van der Waals surface area contributed by atoms with Crippen molar-refractivity contribution < 1.29 is 9.59 Å². The van der Waals surface area contributed by atoms with Gasteiger partial charge in [0.25, 0.3) is 11.8 Å². The molecule has 2 N–H and O–H groups in total. The molecule has 2 aromatic rings. The fourth-order valence-corrected chi connectivity index (χ4v) is 3.31. The second-order valence-corrected chi connectivity index (χ2v) is 6.93. The van der Waals surface area contributed by atoms with E-state index in [9.17, 15) is 9.59 Å². The van der Waals surface area contributed by atoms with Gasteiger partial charge in [0.2, 0.25) is 0 Å². The number of nitrogens with zero attached hydrogens (tertiary/aromatic N) is 2. The number of benzene rings is 2. The Hall–Kier alpha value is -2.13. The smallest absolute Gasteiger partial charge is 0.261 e. The number of nitrogens with one attached hydrogen (secondary N) is 2. The molecule has 3 rings (SSSR count). The zero-order chi connectivity index (χ0) is 19.9. The van der Waals surface area contributed by atoms with Gasteiger partial charge in [-0.1, -0.05) is 35.9 Å². The van der Waals surface area contributed by atoms with Crippen LogP contribution in [0.1, 0.15) is 39.1 Å². The minimum Gasteiger partial charge on any atom is -0.356 e. The van der Waals surface area contributed by atoms with Crippen molar-refractivity contribution in [3.8, 4) is 0 Å². The Morgan fingerprint density at radius 3 is 2.31 bits per heavy atom. The molecular formula is C21H24ClIN4O2. The highest BCUT2D eigenvalue weighted by molar-refractivity contribution is 14.0. The third-order valence-corrected chi connectivity index (χ3v) is 4.79. The van der Waals surface area contributed by atoms with Gasteiger partial charge < -0.3 is 10.6 Å². The predicted octanol–water partition coefficient (Wildman–Crippen LogP) is 3.70. The summed E-state index contributed by atoms with van der Waals surface area (Å²) in [5.74, 6) is 0.292. The molecule has 2 amide bonds. The van der Waals surface area contributed by atoms with Crippen molar-refractivity contribution in [3.63, 3.8) is 0 Å². The van der Waals surface area contributed by atoms with Crippen LogP contribution >= 0.6 is 35.6 Å². The van der Waals surface area contributed by atoms with Crippen LogP contribution in [0.5, 0.6) is 0 Å². The van der Waals surface area contributed by atoms with Crippen LogP contribution in [0.25, 0.3) is 0 Å². The fraction of sp³-hybridized carbons (Fsp3) is 0.286. The van der Waals surface area contributed by atoms with E-state index in [1.54, 1.807) is 31.3 Å². The number of halogens is 2. The molecule has 0 saturated heterocycles. The van der Waals surface area contributed by atoms with Crippen molar-refractivity contribution >= 4 is 53.4 Å². The molecule has 0 radical (unpaired) electrons. The van der Waals surface area contributed by atoms with Gasteiger partial charge >= 0.3 is 0 Å². The van der Waals surface area contributed by atoms with E-state index in [-0.39, 0.29) is 35.8 Å². The highest BCUT2D eigenvalue weighted by Crippen LogP contribution is 2.22. The lowest BCUT2D eigenvalue weighted by Gasteiger charge is -2.15. The third-order valence-electron chi connectivity index (χ3n) is 4.55. The first-order valence-electron chi connectivity index (χ1n) is 9.24. The summed E-state index contributed by atoms with van der Waals surface area (Å²) in [5.41, 5.74) is 2.06. The van der Waals surface area contributed by atoms with Crippen LogP contribution in [-0.2, 0) is 6.54 Å². The number of imide groups is 1. The summed E-state index contributed by atoms with van der Waals surface area (Å²) in [6.07, 6.45) is 1.54. The summed E-state index contributed by atoms with van der Waals surface area (Å²) in [7, 11) is 1.71. The molecule has 0 aromatic heterocycles. The first-order chi connectivity index (χ1) is 13.6. The van der Waals surface area contributed by atoms with Crippen molar-refractivity contribution in [3.05, 3.63) is 70.2 Å². The Bertz CT molecular complexity index is 869. The molecule has 0 unspecified atom stereocenters. The summed E-state index contributed by atoms with van der Waals surface area (Å²) < 4.78 is 0. The first-order valence-corrected chi connectivity index (χ1v) is 9.62. The topological polar surface area (TPSA) is 73.8 Å². The lowest BCUT2D eigenvalue weighted by atomic mass is 10.1. The van der Waals surface area contributed by atoms with E-state index in [1.807, 2.05) is 24.3 Å². The van der Waals surface area contributed by atoms with E-state index >= 15 is 0 Å². The van der Waals surface area contributed by atoms with E-state index in [0.717, 1.165) is 18.4 Å². The molecule has 1 aliphatic rings. The fourth-order valence-electron chi connectivity index (χ4n) is 3.10. The van der Waals surface area contributed by atoms with Crippen molar-refractivity contribution in [2.24, 2.45) is 4.99 Å². The lowest BCUT2D eigenvalue weighted by molar-refractivity contribution is 0.0652. The van der Waals surface area contributed by atoms with Crippen molar-refractivity contribution in [2.45, 2.75) is 19.4 Å². The Labute approximate surface area is 192 Å². The Morgan fingerprint density at radius 2 is 1.69 bits per heavy atom. The lowest BCUT2D eigenvalue weighted by Crippen LogP contribution is -2.37. The largest absolute Gasteiger partial charge is 0.356 e. The highest BCUT2D eigenvalue weighted by Gasteiger charge is 2.34. The molecule has 154 valence electrons. The monoisotopic (exact) mass is 526 g/mol. The number of guanidine groups is 1. The van der Waals surface area contributed by atoms with Gasteiger partial charge in [0, 0.05) is 31.7 Å². The number of unbranched alkanes of at least 4 members (excludes halogenated alkanes) is 1. The molecule has 8 heteroatoms. The number of amides is 2. The van der Waals surface area contributed by atoms with Crippen molar-refractivity contribution in [1.82, 2.24) is 15.5 Å². The molecule has 0 bridgehead atoms. The zero-order valence-corrected chi connectivity index (χ0v) is 19.2. The number of fused-ring (bicyclic) bond motifs is 1. The van der Waals surface area contributed by atoms with Crippen LogP contribution in [0, 0.1) is 0 Å². The van der Waals surface area contributed by atoms with Crippen LogP contribution in [-0.4, -0.2) is 42.8 Å². The summed E-state index contributed by atoms with van der Waals surface area (Å²) in [4.78, 5) is 30.2. The van der Waals surface area contributed by atoms with Crippen LogP contribution in [0.4, 0.5) is 0 Å². The second-order valence-electron chi connectivity index (χ2n) is 6.50. The van der Waals surface area contributed by atoms with Crippen molar-refractivity contribution in [2.75, 3.05) is 20.1 Å². The standard InChI is InChI=1S/C21H23ClN4O2.HI/c1-23-21(25-14-15-7-6-8-16(22)13-15)24-11-4-5-12-26-19(27)17-9-2-3-10-18(17)20(26)28;/h2-3,6-10,13H,4-5,11-12,14H2,1H3,(H2,23,24,25);1H. The molecule has 6 nitrogen and oxygen atoms in total. The van der Waals surface area contributed by atoms with E-state index in [0.29, 0.717) is 41.7 Å². The Morgan fingerprint density at radius 1 is 1.00 bits per heavy atom. The Balaban J connectivity index is 0.00000300. The molecule has 1 heterocycles. The van der Waals surface area contributed by atoms with Crippen LogP contribution < -0.4 is 10.6 Å². The van der Waals surface area contributed by atoms with Gasteiger partial charge in [-0.05, 0) is 42.7 Å². The van der Waals surface area contributed by atoms with Gasteiger partial charge in [-0.25, -0.2) is 0 Å². The summed E-state index contributed by atoms with van der Waals surface area (Å²) in [5, 5.41) is 7.17. The van der Waals surface area contributed by atoms with Gasteiger partial charge in [-0.3, -0.25) is 19.5 Å². The molecule has 0 saturated carbocycles. The Kier molecular flexibility index (Phi) is 8.91. The van der Waals surface area contributed by atoms with Gasteiger partial charge in [0.05, 0.1) is 11.1 Å². The molecule has 1 aliphatic heterocycles. The van der Waals surface area contributed by atoms with Crippen LogP contribution in [0.2, 0.25) is 5.02 Å². The summed E-state index contributed by atoms with van der Waals surface area (Å²) in [6.45, 7) is 1.73. The zero-order valence-electron chi connectivity index (χ0n) is 16.2. The van der Waals surface area contributed by atoms with Gasteiger partial charge in [-0.15, -0.1) is 24.0 Å². The second kappa shape index (κ2) is 11.2. The maximum Gasteiger partial charge on any atom is 0.261 e. The average Bonchev–Trinajstić information content (AvgIpc) is 2.95. The number of hydrogen-bond acceptors (Lipinski definition) is 3. The molecule has 0 aliphatic carbocycles. The van der Waals surface area contributed by atoms with E-state index in [1.165, 1.54) is 4.90 Å². The number of rotatable bonds is 7. The summed E-state index contributed by atoms with van der Waals surface area (Å²) in [6, 6.07) is 14.6. The maximum atomic E-state index is 12.3. The van der Waals surface area contributed by atoms with Crippen molar-refractivity contribution in [1.29, 1.82) is 0 Å². The van der Waals surface area contributed by atoms with Gasteiger partial charge in [-0.2, -0.15) is 0 Å². The number of carbonyl (C=O) groups is 2. The average molecular weight is 527 g/mol. The molecular weight excluding hydrogens is 503 g/mol. The number of aliphatic imine (C=N–C) groups is 1. The maximum absolute atomic E-state index is 12.3. The normalized spacial score (nSPS) is 13.2. The quantitative estimate of drug-likeness (QED) is 0.190. The van der Waals surface area contributed by atoms with E-state index in [4.69, 9.17) is 11.6 Å². The molecule has 2 aromatic carbocycles. The molecule has 29 heavy (non-hydrogen) atoms. The first kappa shape index (κ1) is 23.2. The summed E-state index contributed by atoms with van der Waals surface area (Å²) >= 11 is 5.99. The number of carbonyl (C=O) groups excluding carboxylic acids is 2. The van der Waals surface area contributed by atoms with E-state index in [2.05, 4.69) is 15.6 Å². The number of hydrogen-bond donors (Lipinski definition) is 2. The molecule has 0 spiro atoms. The minimum absolute atomic E-state index is 0. The van der Waals surface area contributed by atoms with E-state index < -0.39 is 0 Å². The molecule has 0 fully saturated rings. The van der Waals surface area contributed by atoms with Crippen LogP contribution in [0.3, 0.4) is 0 Å². The molecule has 0 atom stereocenters. The van der Waals surface area contributed by atoms with Gasteiger partial charge in [0.1, 0.15) is 0 Å². The highest BCUT2D eigenvalue weighted by atomic mass is 127. The van der Waals surface area contributed by atoms with Gasteiger partial charge in [0.15, 0.2) is 5.96 Å². The predicted molar refractivity (Wildman–Crippen MR) is 126 cm³/mol. The third kappa shape index (κ3) is 5.93. The minimum atomic E-state index is -0.201. The SMILES string of the molecule is CN=C(NCCCCN1C(=O)c2ccccc2C1=O)NCc1cccc(Cl)c1.I. The van der Waals surface area contributed by atoms with Crippen LogP contribution in [0.15, 0.2) is 53.5 Å².